The summed E-state index contributed by atoms with van der Waals surface area (Å²) < 4.78 is 0. The van der Waals surface area contributed by atoms with E-state index in [4.69, 9.17) is 5.11 Å². The molecule has 7 nitrogen and oxygen atoms in total. The van der Waals surface area contributed by atoms with E-state index in [-0.39, 0.29) is 24.0 Å². The normalized spacial score (nSPS) is 25.5. The molecule has 2 aliphatic rings. The second kappa shape index (κ2) is 7.17. The predicted octanol–water partition coefficient (Wildman–Crippen LogP) is 0.454. The zero-order valence-electron chi connectivity index (χ0n) is 15.1. The lowest BCUT2D eigenvalue weighted by Crippen LogP contribution is -2.62. The molecule has 7 heteroatoms. The van der Waals surface area contributed by atoms with E-state index in [9.17, 15) is 9.59 Å². The maximum atomic E-state index is 12.8. The molecule has 2 fully saturated rings. The summed E-state index contributed by atoms with van der Waals surface area (Å²) in [4.78, 5) is 34.1. The molecule has 0 bridgehead atoms. The molecule has 1 atom stereocenters. The molecule has 25 heavy (non-hydrogen) atoms. The van der Waals surface area contributed by atoms with Crippen molar-refractivity contribution in [2.24, 2.45) is 0 Å². The topological polar surface area (TPSA) is 79.9 Å². The number of H-pyrrole nitrogens is 1. The summed E-state index contributed by atoms with van der Waals surface area (Å²) in [5.41, 5.74) is 1.51. The van der Waals surface area contributed by atoms with Crippen molar-refractivity contribution in [3.63, 3.8) is 0 Å². The van der Waals surface area contributed by atoms with Crippen molar-refractivity contribution in [3.8, 4) is 0 Å². The minimum absolute atomic E-state index is 0.00857. The number of amides is 2. The Morgan fingerprint density at radius 2 is 2.12 bits per heavy atom. The van der Waals surface area contributed by atoms with Crippen molar-refractivity contribution >= 4 is 11.8 Å². The highest BCUT2D eigenvalue weighted by Crippen LogP contribution is 2.32. The first-order valence-electron chi connectivity index (χ1n) is 8.99. The molecule has 1 spiro atoms. The number of hydrogen-bond acceptors (Lipinski definition) is 4. The average Bonchev–Trinajstić information content (AvgIpc) is 2.97. The van der Waals surface area contributed by atoms with Gasteiger partial charge >= 0.3 is 0 Å². The van der Waals surface area contributed by atoms with E-state index in [0.717, 1.165) is 24.9 Å². The van der Waals surface area contributed by atoms with Gasteiger partial charge in [0.25, 0.3) is 5.91 Å². The Kier molecular flexibility index (Phi) is 5.15. The van der Waals surface area contributed by atoms with Gasteiger partial charge in [-0.15, -0.1) is 0 Å². The van der Waals surface area contributed by atoms with Gasteiger partial charge in [0.15, 0.2) is 0 Å². The van der Waals surface area contributed by atoms with Crippen LogP contribution in [0.25, 0.3) is 0 Å². The molecule has 0 unspecified atom stereocenters. The van der Waals surface area contributed by atoms with Crippen LogP contribution in [0.4, 0.5) is 0 Å². The van der Waals surface area contributed by atoms with E-state index >= 15 is 0 Å². The van der Waals surface area contributed by atoms with Crippen LogP contribution >= 0.6 is 0 Å². The van der Waals surface area contributed by atoms with Crippen LogP contribution in [0, 0.1) is 6.92 Å². The number of likely N-dealkylation sites (N-methyl/N-ethyl adjacent to an activating group) is 1. The van der Waals surface area contributed by atoms with Gasteiger partial charge in [0.05, 0.1) is 6.61 Å². The van der Waals surface area contributed by atoms with Crippen molar-refractivity contribution in [1.29, 1.82) is 0 Å². The van der Waals surface area contributed by atoms with Gasteiger partial charge in [-0.05, 0) is 38.4 Å². The number of aryl methyl sites for hydroxylation is 1. The highest BCUT2D eigenvalue weighted by Gasteiger charge is 2.43. The van der Waals surface area contributed by atoms with Gasteiger partial charge in [0.2, 0.25) is 5.91 Å². The standard InChI is InChI=1S/C18H28N4O3/c1-14-11-15(19-12-14)17(25)22-8-7-20(2)18(13-22)4-3-16(24)21(6-5-18)9-10-23/h11-12,19,23H,3-10,13H2,1-2H3/t18-/m1/s1. The number of carbonyl (C=O) groups excluding carboxylic acids is 2. The Balaban J connectivity index is 1.76. The Hall–Kier alpha value is -1.86. The molecule has 2 aliphatic heterocycles. The highest BCUT2D eigenvalue weighted by molar-refractivity contribution is 5.92. The molecule has 2 amide bonds. The second-order valence-corrected chi connectivity index (χ2v) is 7.32. The third kappa shape index (κ3) is 3.57. The lowest BCUT2D eigenvalue weighted by Gasteiger charge is -2.49. The van der Waals surface area contributed by atoms with Crippen molar-refractivity contribution in [1.82, 2.24) is 19.7 Å². The first-order chi connectivity index (χ1) is 11.9. The molecule has 0 aliphatic carbocycles. The number of aliphatic hydroxyl groups is 1. The lowest BCUT2D eigenvalue weighted by atomic mass is 9.86. The van der Waals surface area contributed by atoms with Crippen molar-refractivity contribution in [2.45, 2.75) is 31.7 Å². The second-order valence-electron chi connectivity index (χ2n) is 7.32. The molecular weight excluding hydrogens is 320 g/mol. The summed E-state index contributed by atoms with van der Waals surface area (Å²) in [5.74, 6) is 0.131. The fourth-order valence-corrected chi connectivity index (χ4v) is 4.02. The Morgan fingerprint density at radius 3 is 2.80 bits per heavy atom. The lowest BCUT2D eigenvalue weighted by molar-refractivity contribution is -0.131. The number of aliphatic hydroxyl groups excluding tert-OH is 1. The van der Waals surface area contributed by atoms with Crippen LogP contribution in [0.2, 0.25) is 0 Å². The molecular formula is C18H28N4O3. The van der Waals surface area contributed by atoms with E-state index in [1.807, 2.05) is 24.1 Å². The van der Waals surface area contributed by atoms with E-state index in [2.05, 4.69) is 16.9 Å². The van der Waals surface area contributed by atoms with Gasteiger partial charge in [-0.25, -0.2) is 0 Å². The number of rotatable bonds is 3. The summed E-state index contributed by atoms with van der Waals surface area (Å²) in [6, 6.07) is 1.88. The molecule has 2 saturated heterocycles. The first kappa shape index (κ1) is 17.9. The summed E-state index contributed by atoms with van der Waals surface area (Å²) in [6.45, 7) is 5.12. The zero-order chi connectivity index (χ0) is 18.0. The molecule has 3 heterocycles. The number of β-amino-alcohol motifs (C(OH)–C–C–N with tert-alkyl or cyclic N) is 1. The molecule has 138 valence electrons. The number of nitrogens with zero attached hydrogens (tertiary/aromatic N) is 3. The summed E-state index contributed by atoms with van der Waals surface area (Å²) in [6.07, 6.45) is 3.88. The smallest absolute Gasteiger partial charge is 0.270 e. The van der Waals surface area contributed by atoms with Gasteiger partial charge in [0, 0.05) is 50.9 Å². The van der Waals surface area contributed by atoms with Crippen LogP contribution in [0.15, 0.2) is 12.3 Å². The van der Waals surface area contributed by atoms with Crippen molar-refractivity contribution in [2.75, 3.05) is 46.4 Å². The third-order valence-electron chi connectivity index (χ3n) is 5.72. The van der Waals surface area contributed by atoms with Crippen LogP contribution in [-0.4, -0.2) is 88.5 Å². The van der Waals surface area contributed by atoms with E-state index in [0.29, 0.717) is 38.3 Å². The van der Waals surface area contributed by atoms with Gasteiger partial charge in [-0.1, -0.05) is 0 Å². The summed E-state index contributed by atoms with van der Waals surface area (Å²) in [7, 11) is 2.09. The van der Waals surface area contributed by atoms with E-state index < -0.39 is 0 Å². The maximum Gasteiger partial charge on any atom is 0.270 e. The number of aromatic nitrogens is 1. The molecule has 1 aromatic heterocycles. The minimum Gasteiger partial charge on any atom is -0.395 e. The van der Waals surface area contributed by atoms with Crippen LogP contribution < -0.4 is 0 Å². The number of likely N-dealkylation sites (tertiary alicyclic amines) is 1. The van der Waals surface area contributed by atoms with Crippen molar-refractivity contribution < 1.29 is 14.7 Å². The van der Waals surface area contributed by atoms with Gasteiger partial charge in [0.1, 0.15) is 5.69 Å². The van der Waals surface area contributed by atoms with Crippen molar-refractivity contribution in [3.05, 3.63) is 23.5 Å². The average molecular weight is 348 g/mol. The maximum absolute atomic E-state index is 12.8. The highest BCUT2D eigenvalue weighted by atomic mass is 16.3. The number of nitrogens with one attached hydrogen (secondary N) is 1. The molecule has 0 radical (unpaired) electrons. The summed E-state index contributed by atoms with van der Waals surface area (Å²) in [5, 5.41) is 9.16. The molecule has 0 aromatic carbocycles. The zero-order valence-corrected chi connectivity index (χ0v) is 15.1. The Bertz CT molecular complexity index is 644. The van der Waals surface area contributed by atoms with Crippen LogP contribution in [0.5, 0.6) is 0 Å². The fraction of sp³-hybridized carbons (Fsp3) is 0.667. The van der Waals surface area contributed by atoms with Gasteiger partial charge < -0.3 is 19.9 Å². The number of piperazine rings is 1. The Morgan fingerprint density at radius 1 is 1.32 bits per heavy atom. The monoisotopic (exact) mass is 348 g/mol. The van der Waals surface area contributed by atoms with E-state index in [1.54, 1.807) is 4.90 Å². The third-order valence-corrected chi connectivity index (χ3v) is 5.72. The molecule has 2 N–H and O–H groups in total. The fourth-order valence-electron chi connectivity index (χ4n) is 4.02. The summed E-state index contributed by atoms with van der Waals surface area (Å²) >= 11 is 0. The number of hydrogen-bond donors (Lipinski definition) is 2. The molecule has 3 rings (SSSR count). The predicted molar refractivity (Wildman–Crippen MR) is 94.3 cm³/mol. The quantitative estimate of drug-likeness (QED) is 0.831. The SMILES string of the molecule is Cc1c[nH]c(C(=O)N2CCN(C)[C@@]3(CCC(=O)N(CCO)CC3)C2)c1. The van der Waals surface area contributed by atoms with Crippen LogP contribution in [0.1, 0.15) is 35.3 Å². The van der Waals surface area contributed by atoms with Gasteiger partial charge in [-0.3, -0.25) is 14.5 Å². The largest absolute Gasteiger partial charge is 0.395 e. The van der Waals surface area contributed by atoms with Crippen LogP contribution in [-0.2, 0) is 4.79 Å². The Labute approximate surface area is 148 Å². The minimum atomic E-state index is -0.171. The molecule has 0 saturated carbocycles. The molecule has 1 aromatic rings. The van der Waals surface area contributed by atoms with Gasteiger partial charge in [-0.2, -0.15) is 0 Å². The number of aromatic amines is 1. The van der Waals surface area contributed by atoms with Crippen LogP contribution in [0.3, 0.4) is 0 Å². The van der Waals surface area contributed by atoms with E-state index in [1.165, 1.54) is 0 Å². The first-order valence-corrected chi connectivity index (χ1v) is 8.99. The number of carbonyl (C=O) groups is 2.